The quantitative estimate of drug-likeness (QED) is 0.710. The summed E-state index contributed by atoms with van der Waals surface area (Å²) in [7, 11) is 0. The van der Waals surface area contributed by atoms with Crippen LogP contribution in [-0.4, -0.2) is 15.8 Å². The van der Waals surface area contributed by atoms with Crippen LogP contribution in [0.4, 0.5) is 0 Å². The first kappa shape index (κ1) is 16.0. The second kappa shape index (κ2) is 6.73. The molecule has 0 spiro atoms. The van der Waals surface area contributed by atoms with Gasteiger partial charge in [0, 0.05) is 28.4 Å². The first-order valence-electron chi connectivity index (χ1n) is 8.61. The summed E-state index contributed by atoms with van der Waals surface area (Å²) in [5.74, 6) is 0. The Bertz CT molecular complexity index is 806. The lowest BCUT2D eigenvalue weighted by atomic mass is 9.97. The number of aromatic nitrogens is 1. The van der Waals surface area contributed by atoms with Crippen LogP contribution in [0.15, 0.2) is 42.5 Å². The lowest BCUT2D eigenvalue weighted by Crippen LogP contribution is -2.26. The standard InChI is InChI=1S/C20H26N2O/c1-3-5-10-19(23)20(21)14-11-12-18-16(13-14)15-8-6-7-9-17(15)22(18)4-2/h6-9,11-13,19-20,23H,3-5,10,21H2,1-2H3/t19-,20+/m0/s1. The Kier molecular flexibility index (Phi) is 4.69. The number of unbranched alkanes of at least 4 members (excludes halogenated alkanes) is 1. The van der Waals surface area contributed by atoms with Gasteiger partial charge in [0.2, 0.25) is 0 Å². The molecule has 2 aromatic carbocycles. The maximum absolute atomic E-state index is 10.3. The normalized spacial score (nSPS) is 14.4. The molecule has 2 atom stereocenters. The van der Waals surface area contributed by atoms with Crippen LogP contribution >= 0.6 is 0 Å². The van der Waals surface area contributed by atoms with Gasteiger partial charge in [0.05, 0.1) is 12.1 Å². The summed E-state index contributed by atoms with van der Waals surface area (Å²) >= 11 is 0. The first-order chi connectivity index (χ1) is 11.2. The number of hydrogen-bond donors (Lipinski definition) is 2. The Morgan fingerprint density at radius 2 is 1.78 bits per heavy atom. The van der Waals surface area contributed by atoms with E-state index in [-0.39, 0.29) is 6.04 Å². The predicted molar refractivity (Wildman–Crippen MR) is 97.6 cm³/mol. The molecule has 0 aliphatic rings. The minimum atomic E-state index is -0.480. The Hall–Kier alpha value is -1.84. The van der Waals surface area contributed by atoms with E-state index in [4.69, 9.17) is 5.73 Å². The van der Waals surface area contributed by atoms with Crippen LogP contribution in [-0.2, 0) is 6.54 Å². The Labute approximate surface area is 137 Å². The number of aryl methyl sites for hydroxylation is 1. The highest BCUT2D eigenvalue weighted by Gasteiger charge is 2.18. The molecule has 0 unspecified atom stereocenters. The molecule has 0 aliphatic carbocycles. The van der Waals surface area contributed by atoms with Crippen LogP contribution in [0.1, 0.15) is 44.7 Å². The molecule has 3 nitrogen and oxygen atoms in total. The van der Waals surface area contributed by atoms with Crippen LogP contribution in [0.2, 0.25) is 0 Å². The minimum Gasteiger partial charge on any atom is -0.391 e. The van der Waals surface area contributed by atoms with Crippen molar-refractivity contribution in [2.45, 2.75) is 51.8 Å². The van der Waals surface area contributed by atoms with Crippen LogP contribution in [0.3, 0.4) is 0 Å². The van der Waals surface area contributed by atoms with Crippen molar-refractivity contribution in [3.05, 3.63) is 48.0 Å². The van der Waals surface area contributed by atoms with Crippen molar-refractivity contribution in [3.63, 3.8) is 0 Å². The first-order valence-corrected chi connectivity index (χ1v) is 8.61. The summed E-state index contributed by atoms with van der Waals surface area (Å²) in [5, 5.41) is 12.8. The van der Waals surface area contributed by atoms with Gasteiger partial charge in [-0.25, -0.2) is 0 Å². The lowest BCUT2D eigenvalue weighted by molar-refractivity contribution is 0.132. The smallest absolute Gasteiger partial charge is 0.0732 e. The predicted octanol–water partition coefficient (Wildman–Crippen LogP) is 4.37. The second-order valence-corrected chi connectivity index (χ2v) is 6.27. The average Bonchev–Trinajstić information content (AvgIpc) is 2.92. The molecule has 1 aromatic heterocycles. The van der Waals surface area contributed by atoms with Gasteiger partial charge in [0.25, 0.3) is 0 Å². The van der Waals surface area contributed by atoms with E-state index in [2.05, 4.69) is 60.9 Å². The molecule has 122 valence electrons. The van der Waals surface area contributed by atoms with E-state index in [1.54, 1.807) is 0 Å². The van der Waals surface area contributed by atoms with Gasteiger partial charge in [-0.05, 0) is 37.1 Å². The van der Waals surface area contributed by atoms with E-state index in [0.29, 0.717) is 0 Å². The van der Waals surface area contributed by atoms with Crippen molar-refractivity contribution in [2.24, 2.45) is 5.73 Å². The number of hydrogen-bond acceptors (Lipinski definition) is 2. The molecule has 23 heavy (non-hydrogen) atoms. The van der Waals surface area contributed by atoms with E-state index in [9.17, 15) is 5.11 Å². The topological polar surface area (TPSA) is 51.2 Å². The molecule has 0 saturated carbocycles. The molecule has 0 fully saturated rings. The van der Waals surface area contributed by atoms with Gasteiger partial charge in [0.15, 0.2) is 0 Å². The van der Waals surface area contributed by atoms with Crippen molar-refractivity contribution < 1.29 is 5.11 Å². The fourth-order valence-corrected chi connectivity index (χ4v) is 3.43. The SMILES string of the molecule is CCCC[C@H](O)[C@H](N)c1ccc2c(c1)c1ccccc1n2CC. The van der Waals surface area contributed by atoms with Crippen LogP contribution < -0.4 is 5.73 Å². The van der Waals surface area contributed by atoms with Crippen LogP contribution in [0, 0.1) is 0 Å². The molecular weight excluding hydrogens is 284 g/mol. The van der Waals surface area contributed by atoms with Crippen molar-refractivity contribution in [2.75, 3.05) is 0 Å². The molecule has 3 N–H and O–H groups in total. The maximum Gasteiger partial charge on any atom is 0.0732 e. The van der Waals surface area contributed by atoms with Crippen molar-refractivity contribution in [1.29, 1.82) is 0 Å². The molecule has 0 bridgehead atoms. The number of aliphatic hydroxyl groups is 1. The average molecular weight is 310 g/mol. The van der Waals surface area contributed by atoms with E-state index >= 15 is 0 Å². The second-order valence-electron chi connectivity index (χ2n) is 6.27. The van der Waals surface area contributed by atoms with Crippen molar-refractivity contribution in [3.8, 4) is 0 Å². The molecule has 0 radical (unpaired) electrons. The number of benzene rings is 2. The summed E-state index contributed by atoms with van der Waals surface area (Å²) in [6, 6.07) is 14.5. The van der Waals surface area contributed by atoms with E-state index in [1.165, 1.54) is 21.8 Å². The number of aliphatic hydroxyl groups excluding tert-OH is 1. The molecular formula is C20H26N2O. The van der Waals surface area contributed by atoms with E-state index in [0.717, 1.165) is 31.4 Å². The molecule has 0 amide bonds. The van der Waals surface area contributed by atoms with Gasteiger partial charge in [-0.3, -0.25) is 0 Å². The van der Waals surface area contributed by atoms with Gasteiger partial charge in [-0.2, -0.15) is 0 Å². The largest absolute Gasteiger partial charge is 0.391 e. The highest BCUT2D eigenvalue weighted by molar-refractivity contribution is 6.08. The number of nitrogens with two attached hydrogens (primary N) is 1. The maximum atomic E-state index is 10.3. The lowest BCUT2D eigenvalue weighted by Gasteiger charge is -2.19. The van der Waals surface area contributed by atoms with Gasteiger partial charge >= 0.3 is 0 Å². The molecule has 0 aliphatic heterocycles. The number of nitrogens with zero attached hydrogens (tertiary/aromatic N) is 1. The highest BCUT2D eigenvalue weighted by Crippen LogP contribution is 2.31. The van der Waals surface area contributed by atoms with Gasteiger partial charge in [0.1, 0.15) is 0 Å². The third kappa shape index (κ3) is 2.87. The zero-order valence-corrected chi connectivity index (χ0v) is 14.0. The van der Waals surface area contributed by atoms with Crippen molar-refractivity contribution >= 4 is 21.8 Å². The summed E-state index contributed by atoms with van der Waals surface area (Å²) in [4.78, 5) is 0. The summed E-state index contributed by atoms with van der Waals surface area (Å²) in [6.45, 7) is 5.23. The van der Waals surface area contributed by atoms with E-state index in [1.807, 2.05) is 0 Å². The zero-order chi connectivity index (χ0) is 16.4. The zero-order valence-electron chi connectivity index (χ0n) is 14.0. The fraction of sp³-hybridized carbons (Fsp3) is 0.400. The van der Waals surface area contributed by atoms with Crippen molar-refractivity contribution in [1.82, 2.24) is 4.57 Å². The molecule has 1 heterocycles. The summed E-state index contributed by atoms with van der Waals surface area (Å²) in [6.07, 6.45) is 2.36. The Morgan fingerprint density at radius 1 is 1.04 bits per heavy atom. The van der Waals surface area contributed by atoms with Crippen LogP contribution in [0.5, 0.6) is 0 Å². The molecule has 3 rings (SSSR count). The summed E-state index contributed by atoms with van der Waals surface area (Å²) in [5.41, 5.74) is 9.79. The monoisotopic (exact) mass is 310 g/mol. The van der Waals surface area contributed by atoms with Gasteiger partial charge < -0.3 is 15.4 Å². The number of para-hydroxylation sites is 1. The van der Waals surface area contributed by atoms with E-state index < -0.39 is 6.10 Å². The Morgan fingerprint density at radius 3 is 2.52 bits per heavy atom. The fourth-order valence-electron chi connectivity index (χ4n) is 3.43. The third-order valence-corrected chi connectivity index (χ3v) is 4.77. The number of rotatable bonds is 6. The minimum absolute atomic E-state index is 0.324. The number of fused-ring (bicyclic) bond motifs is 3. The molecule has 3 heteroatoms. The highest BCUT2D eigenvalue weighted by atomic mass is 16.3. The van der Waals surface area contributed by atoms with Crippen LogP contribution in [0.25, 0.3) is 21.8 Å². The molecule has 3 aromatic rings. The third-order valence-electron chi connectivity index (χ3n) is 4.77. The molecule has 0 saturated heterocycles. The van der Waals surface area contributed by atoms with Gasteiger partial charge in [-0.15, -0.1) is 0 Å². The van der Waals surface area contributed by atoms with Gasteiger partial charge in [-0.1, -0.05) is 44.0 Å². The Balaban J connectivity index is 2.06. The summed E-state index contributed by atoms with van der Waals surface area (Å²) < 4.78 is 2.33.